The number of benzene rings is 1. The second-order valence-electron chi connectivity index (χ2n) is 6.84. The zero-order valence-electron chi connectivity index (χ0n) is 13.6. The molecule has 5 nitrogen and oxygen atoms in total. The van der Waals surface area contributed by atoms with Crippen molar-refractivity contribution in [3.05, 3.63) is 35.4 Å². The van der Waals surface area contributed by atoms with E-state index in [0.717, 1.165) is 24.2 Å². The third kappa shape index (κ3) is 3.66. The van der Waals surface area contributed by atoms with E-state index < -0.39 is 5.97 Å². The van der Waals surface area contributed by atoms with Crippen molar-refractivity contribution in [2.45, 2.75) is 32.7 Å². The Morgan fingerprint density at radius 2 is 1.96 bits per heavy atom. The molecule has 2 fully saturated rings. The highest BCUT2D eigenvalue weighted by Gasteiger charge is 2.41. The van der Waals surface area contributed by atoms with Crippen LogP contribution in [0.15, 0.2) is 24.3 Å². The highest BCUT2D eigenvalue weighted by molar-refractivity contribution is 5.76. The third-order valence-corrected chi connectivity index (χ3v) is 5.08. The second-order valence-corrected chi connectivity index (χ2v) is 6.84. The number of urea groups is 1. The number of hydrogen-bond donors (Lipinski definition) is 1. The second kappa shape index (κ2) is 6.60. The molecule has 1 aromatic carbocycles. The number of carboxylic acid groups (broad SMARTS) is 1. The molecule has 0 radical (unpaired) electrons. The molecule has 2 amide bonds. The molecule has 23 heavy (non-hydrogen) atoms. The van der Waals surface area contributed by atoms with E-state index in [1.807, 2.05) is 30.0 Å². The van der Waals surface area contributed by atoms with E-state index >= 15 is 0 Å². The van der Waals surface area contributed by atoms with Crippen molar-refractivity contribution in [2.24, 2.45) is 11.8 Å². The molecule has 1 N–H and O–H groups in total. The van der Waals surface area contributed by atoms with Crippen molar-refractivity contribution in [2.75, 3.05) is 19.6 Å². The molecule has 1 saturated heterocycles. The van der Waals surface area contributed by atoms with Gasteiger partial charge in [-0.15, -0.1) is 0 Å². The minimum absolute atomic E-state index is 0.0119. The number of carbonyl (C=O) groups is 2. The van der Waals surface area contributed by atoms with E-state index in [1.54, 1.807) is 4.90 Å². The van der Waals surface area contributed by atoms with Crippen molar-refractivity contribution in [1.82, 2.24) is 9.80 Å². The molecule has 5 heteroatoms. The maximum absolute atomic E-state index is 12.8. The van der Waals surface area contributed by atoms with E-state index in [2.05, 4.69) is 6.07 Å². The van der Waals surface area contributed by atoms with Crippen LogP contribution in [0.4, 0.5) is 4.79 Å². The average Bonchev–Trinajstić information content (AvgIpc) is 2.78. The van der Waals surface area contributed by atoms with Crippen molar-refractivity contribution in [1.29, 1.82) is 0 Å². The quantitative estimate of drug-likeness (QED) is 0.908. The van der Waals surface area contributed by atoms with Crippen LogP contribution in [0, 0.1) is 18.8 Å². The molecule has 1 saturated carbocycles. The first-order valence-corrected chi connectivity index (χ1v) is 8.34. The van der Waals surface area contributed by atoms with Crippen LogP contribution in [-0.4, -0.2) is 46.5 Å². The first-order valence-electron chi connectivity index (χ1n) is 8.34. The Labute approximate surface area is 136 Å². The average molecular weight is 316 g/mol. The van der Waals surface area contributed by atoms with Crippen molar-refractivity contribution < 1.29 is 14.7 Å². The Kier molecular flexibility index (Phi) is 4.55. The molecule has 1 heterocycles. The van der Waals surface area contributed by atoms with Gasteiger partial charge in [-0.25, -0.2) is 4.79 Å². The maximum Gasteiger partial charge on any atom is 0.320 e. The monoisotopic (exact) mass is 316 g/mol. The molecule has 0 aromatic heterocycles. The lowest BCUT2D eigenvalue weighted by Crippen LogP contribution is -2.42. The number of carboxylic acids is 1. The van der Waals surface area contributed by atoms with Crippen LogP contribution in [-0.2, 0) is 11.3 Å². The summed E-state index contributed by atoms with van der Waals surface area (Å²) in [5.41, 5.74) is 2.19. The summed E-state index contributed by atoms with van der Waals surface area (Å²) < 4.78 is 0. The summed E-state index contributed by atoms with van der Waals surface area (Å²) in [6.07, 6.45) is 2.43. The first kappa shape index (κ1) is 15.8. The van der Waals surface area contributed by atoms with Gasteiger partial charge in [-0.1, -0.05) is 29.8 Å². The van der Waals surface area contributed by atoms with Crippen LogP contribution in [0.2, 0.25) is 0 Å². The number of aryl methyl sites for hydroxylation is 1. The van der Waals surface area contributed by atoms with Gasteiger partial charge in [0.2, 0.25) is 0 Å². The van der Waals surface area contributed by atoms with Crippen LogP contribution >= 0.6 is 0 Å². The highest BCUT2D eigenvalue weighted by Crippen LogP contribution is 2.40. The predicted octanol–water partition coefficient (Wildman–Crippen LogP) is 2.73. The number of rotatable bonds is 5. The fourth-order valence-corrected chi connectivity index (χ4v) is 3.62. The number of likely N-dealkylation sites (tertiary alicyclic amines) is 1. The summed E-state index contributed by atoms with van der Waals surface area (Å²) in [5, 5.41) is 8.96. The maximum atomic E-state index is 12.8. The Bertz CT molecular complexity index is 590. The van der Waals surface area contributed by atoms with Crippen LogP contribution in [0.25, 0.3) is 0 Å². The van der Waals surface area contributed by atoms with Gasteiger partial charge in [-0.3, -0.25) is 4.79 Å². The van der Waals surface area contributed by atoms with Crippen molar-refractivity contribution in [3.63, 3.8) is 0 Å². The summed E-state index contributed by atoms with van der Waals surface area (Å²) in [4.78, 5) is 27.3. The summed E-state index contributed by atoms with van der Waals surface area (Å²) in [7, 11) is 0. The molecule has 1 aliphatic heterocycles. The Morgan fingerprint density at radius 3 is 2.52 bits per heavy atom. The Balaban J connectivity index is 1.69. The molecule has 2 atom stereocenters. The van der Waals surface area contributed by atoms with Gasteiger partial charge >= 0.3 is 12.0 Å². The van der Waals surface area contributed by atoms with E-state index in [1.165, 1.54) is 12.8 Å². The Morgan fingerprint density at radius 1 is 1.26 bits per heavy atom. The zero-order valence-corrected chi connectivity index (χ0v) is 13.6. The molecule has 124 valence electrons. The van der Waals surface area contributed by atoms with Gasteiger partial charge in [0.05, 0.1) is 6.42 Å². The van der Waals surface area contributed by atoms with E-state index in [0.29, 0.717) is 18.4 Å². The standard InChI is InChI=1S/C18H24N2O3/c1-13-3-2-4-14(9-13)10-19(8-7-17(21)22)18(23)20-11-15-5-6-16(15)12-20/h2-4,9,15-16H,5-8,10-12H2,1H3,(H,21,22)/t15-,16+. The summed E-state index contributed by atoms with van der Waals surface area (Å²) >= 11 is 0. The van der Waals surface area contributed by atoms with Crippen LogP contribution in [0.3, 0.4) is 0 Å². The topological polar surface area (TPSA) is 60.9 Å². The minimum Gasteiger partial charge on any atom is -0.481 e. The number of amides is 2. The number of fused-ring (bicyclic) bond motifs is 1. The minimum atomic E-state index is -0.867. The normalized spacial score (nSPS) is 22.4. The van der Waals surface area contributed by atoms with Gasteiger partial charge in [0.1, 0.15) is 0 Å². The molecular formula is C18H24N2O3. The van der Waals surface area contributed by atoms with Crippen LogP contribution in [0.1, 0.15) is 30.4 Å². The van der Waals surface area contributed by atoms with Gasteiger partial charge < -0.3 is 14.9 Å². The van der Waals surface area contributed by atoms with Crippen LogP contribution in [0.5, 0.6) is 0 Å². The fourth-order valence-electron chi connectivity index (χ4n) is 3.62. The molecular weight excluding hydrogens is 292 g/mol. The van der Waals surface area contributed by atoms with E-state index in [9.17, 15) is 9.59 Å². The number of hydrogen-bond acceptors (Lipinski definition) is 2. The van der Waals surface area contributed by atoms with Gasteiger partial charge in [-0.2, -0.15) is 0 Å². The Hall–Kier alpha value is -2.04. The first-order chi connectivity index (χ1) is 11.0. The zero-order chi connectivity index (χ0) is 16.4. The van der Waals surface area contributed by atoms with Crippen molar-refractivity contribution >= 4 is 12.0 Å². The number of carbonyl (C=O) groups excluding carboxylic acids is 1. The highest BCUT2D eigenvalue weighted by atomic mass is 16.4. The number of nitrogens with zero attached hydrogens (tertiary/aromatic N) is 2. The number of aliphatic carboxylic acids is 1. The molecule has 0 unspecified atom stereocenters. The molecule has 1 aromatic rings. The smallest absolute Gasteiger partial charge is 0.320 e. The van der Waals surface area contributed by atoms with Crippen molar-refractivity contribution in [3.8, 4) is 0 Å². The van der Waals surface area contributed by atoms with Gasteiger partial charge in [-0.05, 0) is 37.2 Å². The summed E-state index contributed by atoms with van der Waals surface area (Å²) in [6.45, 7) is 4.42. The van der Waals surface area contributed by atoms with E-state index in [4.69, 9.17) is 5.11 Å². The van der Waals surface area contributed by atoms with Gasteiger partial charge in [0, 0.05) is 26.2 Å². The summed E-state index contributed by atoms with van der Waals surface area (Å²) in [6, 6.07) is 8.02. The molecule has 1 aliphatic carbocycles. The lowest BCUT2D eigenvalue weighted by Gasteiger charge is -2.28. The largest absolute Gasteiger partial charge is 0.481 e. The van der Waals surface area contributed by atoms with Gasteiger partial charge in [0.15, 0.2) is 0 Å². The third-order valence-electron chi connectivity index (χ3n) is 5.08. The lowest BCUT2D eigenvalue weighted by molar-refractivity contribution is -0.137. The molecule has 0 spiro atoms. The van der Waals surface area contributed by atoms with Crippen LogP contribution < -0.4 is 0 Å². The molecule has 2 aliphatic rings. The predicted molar refractivity (Wildman–Crippen MR) is 87.0 cm³/mol. The lowest BCUT2D eigenvalue weighted by atomic mass is 9.77. The molecule has 0 bridgehead atoms. The fraction of sp³-hybridized carbons (Fsp3) is 0.556. The molecule has 3 rings (SSSR count). The SMILES string of the molecule is Cc1cccc(CN(CCC(=O)O)C(=O)N2C[C@H]3CC[C@H]3C2)c1. The van der Waals surface area contributed by atoms with Gasteiger partial charge in [0.25, 0.3) is 0 Å². The summed E-state index contributed by atoms with van der Waals surface area (Å²) in [5.74, 6) is 0.465. The van der Waals surface area contributed by atoms with E-state index in [-0.39, 0.29) is 19.0 Å².